The summed E-state index contributed by atoms with van der Waals surface area (Å²) in [5.41, 5.74) is 2.15. The Bertz CT molecular complexity index is 1300. The number of morpholine rings is 1. The van der Waals surface area contributed by atoms with Crippen molar-refractivity contribution in [1.29, 1.82) is 0 Å². The Kier molecular flexibility index (Phi) is 9.40. The molecule has 1 unspecified atom stereocenters. The first-order chi connectivity index (χ1) is 19.7. The van der Waals surface area contributed by atoms with Gasteiger partial charge in [-0.25, -0.2) is 8.42 Å². The molecule has 10 nitrogen and oxygen atoms in total. The lowest BCUT2D eigenvalue weighted by Gasteiger charge is -2.41. The Morgan fingerprint density at radius 2 is 1.83 bits per heavy atom. The summed E-state index contributed by atoms with van der Waals surface area (Å²) < 4.78 is 48.6. The lowest BCUT2D eigenvalue weighted by molar-refractivity contribution is -0.138. The van der Waals surface area contributed by atoms with Crippen molar-refractivity contribution < 1.29 is 27.4 Å². The molecule has 0 radical (unpaired) electrons. The smallest absolute Gasteiger partial charge is 0.248 e. The maximum atomic E-state index is 14.1. The summed E-state index contributed by atoms with van der Waals surface area (Å²) in [7, 11) is -0.399. The Labute approximate surface area is 244 Å². The number of rotatable bonds is 9. The average molecular weight is 589 g/mol. The average Bonchev–Trinajstić information content (AvgIpc) is 3.46. The number of aromatic nitrogens is 1. The summed E-state index contributed by atoms with van der Waals surface area (Å²) in [4.78, 5) is 17.9. The van der Waals surface area contributed by atoms with Crippen molar-refractivity contribution in [2.75, 3.05) is 60.2 Å². The lowest BCUT2D eigenvalue weighted by atomic mass is 9.89. The molecule has 11 heteroatoms. The first-order valence-electron chi connectivity index (χ1n) is 14.7. The zero-order valence-electron chi connectivity index (χ0n) is 24.8. The molecule has 1 amide bonds. The number of fused-ring (bicyclic) bond motifs is 1. The Morgan fingerprint density at radius 1 is 1.10 bits per heavy atom. The van der Waals surface area contributed by atoms with Gasteiger partial charge in [-0.05, 0) is 74.9 Å². The van der Waals surface area contributed by atoms with E-state index in [0.717, 1.165) is 57.7 Å². The summed E-state index contributed by atoms with van der Waals surface area (Å²) in [6.07, 6.45) is 6.18. The van der Waals surface area contributed by atoms with E-state index in [1.807, 2.05) is 30.3 Å². The molecule has 1 saturated carbocycles. The SMILES string of the molecule is COc1cc(C)c(S(=O)(=O)N2CCn3cccc3C2COCC(=O)N(C)[C@@H]2CCC[C@H](N3CCOCC3)C2)c(C)c1. The van der Waals surface area contributed by atoms with E-state index in [2.05, 4.69) is 9.47 Å². The van der Waals surface area contributed by atoms with Gasteiger partial charge in [0, 0.05) is 57.2 Å². The Hall–Kier alpha value is -2.44. The van der Waals surface area contributed by atoms with Gasteiger partial charge in [-0.15, -0.1) is 0 Å². The quantitative estimate of drug-likeness (QED) is 0.445. The highest BCUT2D eigenvalue weighted by atomic mass is 32.2. The molecule has 3 aliphatic rings. The van der Waals surface area contributed by atoms with Crippen molar-refractivity contribution >= 4 is 15.9 Å². The second kappa shape index (κ2) is 12.8. The fourth-order valence-corrected chi connectivity index (χ4v) is 8.77. The maximum Gasteiger partial charge on any atom is 0.248 e. The summed E-state index contributed by atoms with van der Waals surface area (Å²) in [6.45, 7) is 7.94. The third kappa shape index (κ3) is 6.34. The van der Waals surface area contributed by atoms with Gasteiger partial charge >= 0.3 is 0 Å². The highest BCUT2D eigenvalue weighted by molar-refractivity contribution is 7.89. The van der Waals surface area contributed by atoms with Crippen LogP contribution < -0.4 is 4.74 Å². The van der Waals surface area contributed by atoms with Crippen molar-refractivity contribution in [2.45, 2.75) is 69.1 Å². The minimum Gasteiger partial charge on any atom is -0.497 e. The fourth-order valence-electron chi connectivity index (χ4n) is 6.78. The van der Waals surface area contributed by atoms with Crippen LogP contribution in [0.3, 0.4) is 0 Å². The Balaban J connectivity index is 1.26. The molecular weight excluding hydrogens is 544 g/mol. The van der Waals surface area contributed by atoms with Crippen LogP contribution in [0.15, 0.2) is 35.4 Å². The third-order valence-electron chi connectivity index (χ3n) is 8.97. The molecule has 2 aromatic rings. The number of benzene rings is 1. The van der Waals surface area contributed by atoms with Gasteiger partial charge in [0.25, 0.3) is 0 Å². The van der Waals surface area contributed by atoms with Crippen LogP contribution in [0.2, 0.25) is 0 Å². The highest BCUT2D eigenvalue weighted by Crippen LogP contribution is 2.35. The van der Waals surface area contributed by atoms with E-state index in [-0.39, 0.29) is 25.2 Å². The number of carbonyl (C=O) groups excluding carboxylic acids is 1. The molecule has 0 bridgehead atoms. The number of nitrogens with zero attached hydrogens (tertiary/aromatic N) is 4. The van der Waals surface area contributed by atoms with Gasteiger partial charge < -0.3 is 23.7 Å². The summed E-state index contributed by atoms with van der Waals surface area (Å²) in [6, 6.07) is 7.48. The van der Waals surface area contributed by atoms with E-state index in [4.69, 9.17) is 14.2 Å². The number of ether oxygens (including phenoxy) is 3. The molecule has 226 valence electrons. The van der Waals surface area contributed by atoms with Gasteiger partial charge in [0.2, 0.25) is 15.9 Å². The van der Waals surface area contributed by atoms with Crippen LogP contribution in [0.4, 0.5) is 0 Å². The second-order valence-corrected chi connectivity index (χ2v) is 13.3. The normalized spacial score (nSPS) is 24.1. The van der Waals surface area contributed by atoms with Crippen LogP contribution in [0.25, 0.3) is 0 Å². The number of carbonyl (C=O) groups is 1. The van der Waals surface area contributed by atoms with Crippen molar-refractivity contribution in [2.24, 2.45) is 0 Å². The standard InChI is InChI=1S/C30H44N4O6S/c1-22-17-26(38-4)18-23(2)30(22)41(36,37)34-12-11-33-10-6-9-27(33)28(34)20-40-21-29(35)31(3)24-7-5-8-25(19-24)32-13-15-39-16-14-32/h6,9-10,17-18,24-25,28H,5,7-8,11-16,19-21H2,1-4H3/t24-,25+,28?/m1/s1. The molecule has 3 atom stereocenters. The number of methoxy groups -OCH3 is 1. The van der Waals surface area contributed by atoms with Gasteiger partial charge in [0.05, 0.1) is 37.9 Å². The van der Waals surface area contributed by atoms with Gasteiger partial charge in [0.15, 0.2) is 0 Å². The van der Waals surface area contributed by atoms with E-state index in [0.29, 0.717) is 40.9 Å². The van der Waals surface area contributed by atoms with Crippen LogP contribution in [0, 0.1) is 13.8 Å². The molecule has 1 saturated heterocycles. The number of sulfonamides is 1. The van der Waals surface area contributed by atoms with Crippen molar-refractivity contribution in [1.82, 2.24) is 18.7 Å². The number of aryl methyl sites for hydroxylation is 2. The molecule has 1 aromatic carbocycles. The molecule has 41 heavy (non-hydrogen) atoms. The first-order valence-corrected chi connectivity index (χ1v) is 16.1. The molecule has 5 rings (SSSR count). The van der Waals surface area contributed by atoms with Crippen molar-refractivity contribution in [3.05, 3.63) is 47.3 Å². The molecule has 2 fully saturated rings. The summed E-state index contributed by atoms with van der Waals surface area (Å²) >= 11 is 0. The second-order valence-electron chi connectivity index (χ2n) is 11.5. The highest BCUT2D eigenvalue weighted by Gasteiger charge is 2.39. The summed E-state index contributed by atoms with van der Waals surface area (Å²) in [5.74, 6) is 0.559. The molecule has 1 aromatic heterocycles. The first kappa shape index (κ1) is 30.0. The molecule has 0 N–H and O–H groups in total. The zero-order chi connectivity index (χ0) is 29.1. The van der Waals surface area contributed by atoms with Crippen LogP contribution >= 0.6 is 0 Å². The lowest BCUT2D eigenvalue weighted by Crippen LogP contribution is -2.50. The minimum atomic E-state index is -3.84. The van der Waals surface area contributed by atoms with E-state index in [1.54, 1.807) is 33.1 Å². The minimum absolute atomic E-state index is 0.0694. The molecule has 0 spiro atoms. The largest absolute Gasteiger partial charge is 0.497 e. The number of hydrogen-bond acceptors (Lipinski definition) is 7. The van der Waals surface area contributed by atoms with Crippen LogP contribution in [-0.2, 0) is 30.8 Å². The maximum absolute atomic E-state index is 14.1. The third-order valence-corrected chi connectivity index (χ3v) is 11.2. The molecular formula is C30H44N4O6S. The Morgan fingerprint density at radius 3 is 2.54 bits per heavy atom. The number of hydrogen-bond donors (Lipinski definition) is 0. The molecule has 1 aliphatic carbocycles. The number of likely N-dealkylation sites (N-methyl/N-ethyl adjacent to an activating group) is 1. The van der Waals surface area contributed by atoms with Gasteiger partial charge in [-0.1, -0.05) is 0 Å². The van der Waals surface area contributed by atoms with E-state index >= 15 is 0 Å². The van der Waals surface area contributed by atoms with Gasteiger partial charge in [-0.2, -0.15) is 4.31 Å². The fraction of sp³-hybridized carbons (Fsp3) is 0.633. The number of amides is 1. The predicted octanol–water partition coefficient (Wildman–Crippen LogP) is 2.98. The van der Waals surface area contributed by atoms with E-state index in [9.17, 15) is 13.2 Å². The van der Waals surface area contributed by atoms with Gasteiger partial charge in [0.1, 0.15) is 12.4 Å². The zero-order valence-corrected chi connectivity index (χ0v) is 25.6. The van der Waals surface area contributed by atoms with Crippen molar-refractivity contribution in [3.8, 4) is 5.75 Å². The molecule has 3 heterocycles. The van der Waals surface area contributed by atoms with E-state index in [1.165, 1.54) is 4.31 Å². The van der Waals surface area contributed by atoms with Gasteiger partial charge in [-0.3, -0.25) is 9.69 Å². The summed E-state index contributed by atoms with van der Waals surface area (Å²) in [5, 5.41) is 0. The van der Waals surface area contributed by atoms with Crippen molar-refractivity contribution in [3.63, 3.8) is 0 Å². The predicted molar refractivity (Wildman–Crippen MR) is 156 cm³/mol. The topological polar surface area (TPSA) is 93.5 Å². The van der Waals surface area contributed by atoms with E-state index < -0.39 is 16.1 Å². The van der Waals surface area contributed by atoms with Crippen LogP contribution in [-0.4, -0.2) is 105 Å². The van der Waals surface area contributed by atoms with Crippen LogP contribution in [0.1, 0.15) is 48.5 Å². The monoisotopic (exact) mass is 588 g/mol. The van der Waals surface area contributed by atoms with Crippen LogP contribution in [0.5, 0.6) is 5.75 Å². The molecule has 2 aliphatic heterocycles.